The zero-order chi connectivity index (χ0) is 11.9. The van der Waals surface area contributed by atoms with E-state index in [1.807, 2.05) is 24.3 Å². The van der Waals surface area contributed by atoms with Crippen molar-refractivity contribution in [3.8, 4) is 5.75 Å². The predicted molar refractivity (Wildman–Crippen MR) is 74.5 cm³/mol. The van der Waals surface area contributed by atoms with Gasteiger partial charge in [0.25, 0.3) is 0 Å². The summed E-state index contributed by atoms with van der Waals surface area (Å²) in [5, 5.41) is 3.45. The number of halogens is 1. The quantitative estimate of drug-likeness (QED) is 0.839. The van der Waals surface area contributed by atoms with Gasteiger partial charge in [-0.25, -0.2) is 0 Å². The van der Waals surface area contributed by atoms with E-state index in [4.69, 9.17) is 4.74 Å². The number of benzene rings is 1. The van der Waals surface area contributed by atoms with E-state index in [1.54, 1.807) is 0 Å². The number of hydrogen-bond donors (Lipinski definition) is 1. The largest absolute Gasteiger partial charge is 0.494 e. The Balaban J connectivity index is 1.62. The topological polar surface area (TPSA) is 21.3 Å². The van der Waals surface area contributed by atoms with Gasteiger partial charge in [0, 0.05) is 4.47 Å². The van der Waals surface area contributed by atoms with E-state index in [9.17, 15) is 0 Å². The van der Waals surface area contributed by atoms with Gasteiger partial charge in [-0.3, -0.25) is 0 Å². The fourth-order valence-electron chi connectivity index (χ4n) is 2.29. The van der Waals surface area contributed by atoms with Crippen LogP contribution in [0.2, 0.25) is 0 Å². The van der Waals surface area contributed by atoms with Crippen LogP contribution < -0.4 is 10.1 Å². The molecule has 2 nitrogen and oxygen atoms in total. The fourth-order valence-corrected chi connectivity index (χ4v) is 2.67. The third kappa shape index (κ3) is 4.68. The van der Waals surface area contributed by atoms with Gasteiger partial charge in [0.2, 0.25) is 0 Å². The van der Waals surface area contributed by atoms with Crippen molar-refractivity contribution in [1.29, 1.82) is 0 Å². The maximum atomic E-state index is 5.73. The first-order chi connectivity index (χ1) is 8.34. The van der Waals surface area contributed by atoms with Crippen LogP contribution in [0.15, 0.2) is 28.7 Å². The lowest BCUT2D eigenvalue weighted by atomic mass is 9.95. The van der Waals surface area contributed by atoms with Crippen molar-refractivity contribution in [3.05, 3.63) is 28.7 Å². The first kappa shape index (κ1) is 12.9. The molecular weight excluding hydrogens is 278 g/mol. The highest BCUT2D eigenvalue weighted by Gasteiger charge is 2.11. The Morgan fingerprint density at radius 3 is 3.12 bits per heavy atom. The lowest BCUT2D eigenvalue weighted by Crippen LogP contribution is -2.29. The summed E-state index contributed by atoms with van der Waals surface area (Å²) in [6.07, 6.45) is 5.14. The molecule has 1 atom stereocenters. The molecule has 17 heavy (non-hydrogen) atoms. The van der Waals surface area contributed by atoms with Gasteiger partial charge in [-0.2, -0.15) is 0 Å². The number of rotatable bonds is 5. The van der Waals surface area contributed by atoms with Crippen LogP contribution in [0.4, 0.5) is 0 Å². The van der Waals surface area contributed by atoms with Gasteiger partial charge in [0.15, 0.2) is 0 Å². The highest BCUT2D eigenvalue weighted by molar-refractivity contribution is 9.10. The van der Waals surface area contributed by atoms with Crippen LogP contribution >= 0.6 is 15.9 Å². The molecule has 0 aromatic heterocycles. The molecule has 3 heteroatoms. The molecule has 0 bridgehead atoms. The minimum atomic E-state index is 0.826. The van der Waals surface area contributed by atoms with Crippen molar-refractivity contribution in [2.75, 3.05) is 19.7 Å². The lowest BCUT2D eigenvalue weighted by Gasteiger charge is -2.22. The third-order valence-electron chi connectivity index (χ3n) is 3.22. The second-order valence-electron chi connectivity index (χ2n) is 4.66. The van der Waals surface area contributed by atoms with Crippen molar-refractivity contribution in [2.45, 2.75) is 25.7 Å². The molecule has 2 rings (SSSR count). The standard InChI is InChI=1S/C14H20BrNO/c15-13-6-1-7-14(10-13)17-9-3-5-12-4-2-8-16-11-12/h1,6-7,10,12,16H,2-5,8-9,11H2. The van der Waals surface area contributed by atoms with Gasteiger partial charge in [-0.05, 0) is 62.9 Å². The third-order valence-corrected chi connectivity index (χ3v) is 3.71. The molecule has 1 N–H and O–H groups in total. The number of nitrogens with one attached hydrogen (secondary N) is 1. The first-order valence-electron chi connectivity index (χ1n) is 6.44. The summed E-state index contributed by atoms with van der Waals surface area (Å²) in [6, 6.07) is 8.04. The van der Waals surface area contributed by atoms with E-state index in [1.165, 1.54) is 32.4 Å². The summed E-state index contributed by atoms with van der Waals surface area (Å²) >= 11 is 3.45. The molecule has 1 unspecified atom stereocenters. The van der Waals surface area contributed by atoms with Crippen molar-refractivity contribution in [3.63, 3.8) is 0 Å². The molecule has 0 aliphatic carbocycles. The van der Waals surface area contributed by atoms with Gasteiger partial charge < -0.3 is 10.1 Å². The van der Waals surface area contributed by atoms with Crippen LogP contribution in [-0.4, -0.2) is 19.7 Å². The Bertz CT molecular complexity index is 337. The van der Waals surface area contributed by atoms with E-state index in [-0.39, 0.29) is 0 Å². The average Bonchev–Trinajstić information content (AvgIpc) is 2.36. The molecule has 1 aromatic rings. The van der Waals surface area contributed by atoms with E-state index in [0.717, 1.165) is 29.2 Å². The number of ether oxygens (including phenoxy) is 1. The Morgan fingerprint density at radius 1 is 1.41 bits per heavy atom. The molecule has 1 aliphatic rings. The van der Waals surface area contributed by atoms with Gasteiger partial charge in [0.05, 0.1) is 6.61 Å². The highest BCUT2D eigenvalue weighted by atomic mass is 79.9. The van der Waals surface area contributed by atoms with Gasteiger partial charge in [0.1, 0.15) is 5.75 Å². The zero-order valence-electron chi connectivity index (χ0n) is 10.1. The summed E-state index contributed by atoms with van der Waals surface area (Å²) < 4.78 is 6.80. The van der Waals surface area contributed by atoms with E-state index in [2.05, 4.69) is 21.2 Å². The molecule has 1 fully saturated rings. The highest BCUT2D eigenvalue weighted by Crippen LogP contribution is 2.19. The summed E-state index contributed by atoms with van der Waals surface area (Å²) in [5.74, 6) is 1.82. The SMILES string of the molecule is Brc1cccc(OCCCC2CCCNC2)c1. The van der Waals surface area contributed by atoms with Crippen molar-refractivity contribution >= 4 is 15.9 Å². The minimum Gasteiger partial charge on any atom is -0.494 e. The van der Waals surface area contributed by atoms with Crippen molar-refractivity contribution in [2.24, 2.45) is 5.92 Å². The Morgan fingerprint density at radius 2 is 2.35 bits per heavy atom. The lowest BCUT2D eigenvalue weighted by molar-refractivity contribution is 0.275. The molecule has 94 valence electrons. The summed E-state index contributed by atoms with van der Waals surface area (Å²) in [5.41, 5.74) is 0. The second-order valence-corrected chi connectivity index (χ2v) is 5.58. The molecule has 1 aromatic carbocycles. The van der Waals surface area contributed by atoms with Gasteiger partial charge >= 0.3 is 0 Å². The van der Waals surface area contributed by atoms with E-state index in [0.29, 0.717) is 0 Å². The Hall–Kier alpha value is -0.540. The molecule has 1 heterocycles. The molecule has 0 saturated carbocycles. The number of hydrogen-bond acceptors (Lipinski definition) is 2. The van der Waals surface area contributed by atoms with E-state index >= 15 is 0 Å². The molecular formula is C14H20BrNO. The van der Waals surface area contributed by atoms with Crippen LogP contribution in [0.3, 0.4) is 0 Å². The first-order valence-corrected chi connectivity index (χ1v) is 7.23. The summed E-state index contributed by atoms with van der Waals surface area (Å²) in [6.45, 7) is 3.22. The molecule has 1 saturated heterocycles. The number of piperidine rings is 1. The van der Waals surface area contributed by atoms with Crippen LogP contribution in [0.1, 0.15) is 25.7 Å². The zero-order valence-corrected chi connectivity index (χ0v) is 11.7. The predicted octanol–water partition coefficient (Wildman–Crippen LogP) is 3.61. The normalized spacial score (nSPS) is 20.2. The van der Waals surface area contributed by atoms with Crippen molar-refractivity contribution < 1.29 is 4.74 Å². The van der Waals surface area contributed by atoms with E-state index < -0.39 is 0 Å². The average molecular weight is 298 g/mol. The fraction of sp³-hybridized carbons (Fsp3) is 0.571. The van der Waals surface area contributed by atoms with Crippen molar-refractivity contribution in [1.82, 2.24) is 5.32 Å². The Labute approximate surface area is 112 Å². The summed E-state index contributed by atoms with van der Waals surface area (Å²) in [4.78, 5) is 0. The molecule has 1 aliphatic heterocycles. The van der Waals surface area contributed by atoms with Crippen LogP contribution in [0.5, 0.6) is 5.75 Å². The molecule has 0 spiro atoms. The van der Waals surface area contributed by atoms with Gasteiger partial charge in [-0.15, -0.1) is 0 Å². The smallest absolute Gasteiger partial charge is 0.120 e. The van der Waals surface area contributed by atoms with Crippen LogP contribution in [-0.2, 0) is 0 Å². The maximum absolute atomic E-state index is 5.73. The van der Waals surface area contributed by atoms with Crippen LogP contribution in [0.25, 0.3) is 0 Å². The molecule has 0 radical (unpaired) electrons. The second kappa shape index (κ2) is 7.02. The van der Waals surface area contributed by atoms with Crippen LogP contribution in [0, 0.1) is 5.92 Å². The summed E-state index contributed by atoms with van der Waals surface area (Å²) in [7, 11) is 0. The minimum absolute atomic E-state index is 0.826. The molecule has 0 amide bonds. The monoisotopic (exact) mass is 297 g/mol. The Kier molecular flexibility index (Phi) is 5.33. The van der Waals surface area contributed by atoms with Gasteiger partial charge in [-0.1, -0.05) is 22.0 Å². The maximum Gasteiger partial charge on any atom is 0.120 e.